The summed E-state index contributed by atoms with van der Waals surface area (Å²) >= 11 is 1.81. The molecule has 1 aromatic heterocycles. The fourth-order valence-electron chi connectivity index (χ4n) is 1.75. The van der Waals surface area contributed by atoms with E-state index in [1.54, 1.807) is 0 Å². The van der Waals surface area contributed by atoms with Crippen LogP contribution in [0.5, 0.6) is 0 Å². The molecule has 11 heavy (non-hydrogen) atoms. The van der Waals surface area contributed by atoms with Gasteiger partial charge in [0.2, 0.25) is 0 Å². The summed E-state index contributed by atoms with van der Waals surface area (Å²) in [6, 6.07) is 0. The molecule has 1 aromatic rings. The van der Waals surface area contributed by atoms with E-state index in [-0.39, 0.29) is 0 Å². The Hall–Kier alpha value is -0.440. The summed E-state index contributed by atoms with van der Waals surface area (Å²) in [4.78, 5) is 0. The van der Waals surface area contributed by atoms with Gasteiger partial charge in [-0.25, -0.2) is 0 Å². The van der Waals surface area contributed by atoms with E-state index in [1.807, 2.05) is 23.5 Å². The van der Waals surface area contributed by atoms with Crippen molar-refractivity contribution in [1.29, 1.82) is 0 Å². The Morgan fingerprint density at radius 3 is 3.00 bits per heavy atom. The van der Waals surface area contributed by atoms with E-state index >= 15 is 0 Å². The molecule has 1 aliphatic rings. The van der Waals surface area contributed by atoms with Crippen molar-refractivity contribution in [2.75, 3.05) is 6.26 Å². The largest absolute Gasteiger partial charge is 0.262 e. The van der Waals surface area contributed by atoms with Gasteiger partial charge in [0.25, 0.3) is 0 Å². The van der Waals surface area contributed by atoms with Crippen LogP contribution in [0.25, 0.3) is 0 Å². The first kappa shape index (κ1) is 7.22. The standard InChI is InChI=1S/C8H12N2S/c1-10-8(11-2)6-4-3-5-7(6)9-10/h3-5H2,1-2H3. The Balaban J connectivity index is 2.52. The fourth-order valence-corrected chi connectivity index (χ4v) is 2.52. The molecule has 0 saturated carbocycles. The molecule has 0 amide bonds. The summed E-state index contributed by atoms with van der Waals surface area (Å²) in [5.74, 6) is 0. The van der Waals surface area contributed by atoms with Crippen molar-refractivity contribution >= 4 is 11.8 Å². The fraction of sp³-hybridized carbons (Fsp3) is 0.625. The van der Waals surface area contributed by atoms with Gasteiger partial charge < -0.3 is 0 Å². The summed E-state index contributed by atoms with van der Waals surface area (Å²) in [5.41, 5.74) is 2.83. The number of thioether (sulfide) groups is 1. The molecule has 1 heterocycles. The van der Waals surface area contributed by atoms with Gasteiger partial charge in [-0.2, -0.15) is 5.10 Å². The molecular weight excluding hydrogens is 156 g/mol. The third kappa shape index (κ3) is 0.984. The molecule has 2 rings (SSSR count). The molecule has 0 unspecified atom stereocenters. The van der Waals surface area contributed by atoms with Crippen LogP contribution >= 0.6 is 11.8 Å². The van der Waals surface area contributed by atoms with Crippen LogP contribution in [0, 0.1) is 0 Å². The van der Waals surface area contributed by atoms with Gasteiger partial charge in [-0.1, -0.05) is 0 Å². The second-order valence-electron chi connectivity index (χ2n) is 2.91. The highest BCUT2D eigenvalue weighted by Gasteiger charge is 2.19. The number of rotatable bonds is 1. The van der Waals surface area contributed by atoms with Gasteiger partial charge in [-0.15, -0.1) is 11.8 Å². The van der Waals surface area contributed by atoms with Crippen molar-refractivity contribution in [1.82, 2.24) is 9.78 Å². The summed E-state index contributed by atoms with van der Waals surface area (Å²) < 4.78 is 2.01. The van der Waals surface area contributed by atoms with E-state index in [0.29, 0.717) is 0 Å². The summed E-state index contributed by atoms with van der Waals surface area (Å²) in [6.07, 6.45) is 5.84. The molecule has 0 bridgehead atoms. The zero-order chi connectivity index (χ0) is 7.84. The first-order valence-electron chi connectivity index (χ1n) is 3.91. The van der Waals surface area contributed by atoms with E-state index in [4.69, 9.17) is 0 Å². The molecule has 0 saturated heterocycles. The topological polar surface area (TPSA) is 17.8 Å². The van der Waals surface area contributed by atoms with Gasteiger partial charge in [0, 0.05) is 12.6 Å². The zero-order valence-electron chi connectivity index (χ0n) is 6.92. The minimum absolute atomic E-state index is 1.18. The van der Waals surface area contributed by atoms with Crippen molar-refractivity contribution in [3.63, 3.8) is 0 Å². The van der Waals surface area contributed by atoms with Gasteiger partial charge in [-0.3, -0.25) is 4.68 Å². The second kappa shape index (κ2) is 2.55. The smallest absolute Gasteiger partial charge is 0.0968 e. The molecule has 0 radical (unpaired) electrons. The van der Waals surface area contributed by atoms with Crippen molar-refractivity contribution < 1.29 is 0 Å². The highest BCUT2D eigenvalue weighted by Crippen LogP contribution is 2.29. The van der Waals surface area contributed by atoms with E-state index in [1.165, 1.54) is 35.5 Å². The molecule has 0 aromatic carbocycles. The van der Waals surface area contributed by atoms with Gasteiger partial charge in [-0.05, 0) is 25.5 Å². The molecule has 0 atom stereocenters. The Labute approximate surface area is 71.0 Å². The number of nitrogens with zero attached hydrogens (tertiary/aromatic N) is 2. The van der Waals surface area contributed by atoms with Gasteiger partial charge in [0.05, 0.1) is 10.7 Å². The van der Waals surface area contributed by atoms with Crippen LogP contribution < -0.4 is 0 Å². The number of hydrogen-bond donors (Lipinski definition) is 0. The van der Waals surface area contributed by atoms with Crippen LogP contribution in [-0.2, 0) is 19.9 Å². The lowest BCUT2D eigenvalue weighted by Crippen LogP contribution is -1.94. The quantitative estimate of drug-likeness (QED) is 0.593. The monoisotopic (exact) mass is 168 g/mol. The third-order valence-electron chi connectivity index (χ3n) is 2.20. The third-order valence-corrected chi connectivity index (χ3v) is 3.10. The predicted molar refractivity (Wildman–Crippen MR) is 47.0 cm³/mol. The molecule has 3 heteroatoms. The van der Waals surface area contributed by atoms with Crippen LogP contribution in [-0.4, -0.2) is 16.0 Å². The van der Waals surface area contributed by atoms with Crippen LogP contribution in [0.3, 0.4) is 0 Å². The lowest BCUT2D eigenvalue weighted by atomic mass is 10.3. The van der Waals surface area contributed by atoms with Crippen LogP contribution in [0.1, 0.15) is 17.7 Å². The van der Waals surface area contributed by atoms with Crippen LogP contribution in [0.2, 0.25) is 0 Å². The molecule has 0 N–H and O–H groups in total. The minimum Gasteiger partial charge on any atom is -0.262 e. The van der Waals surface area contributed by atoms with Gasteiger partial charge in [0.15, 0.2) is 0 Å². The summed E-state index contributed by atoms with van der Waals surface area (Å²) in [7, 11) is 2.03. The maximum absolute atomic E-state index is 4.46. The van der Waals surface area contributed by atoms with E-state index < -0.39 is 0 Å². The Morgan fingerprint density at radius 2 is 2.27 bits per heavy atom. The van der Waals surface area contributed by atoms with Crippen LogP contribution in [0.4, 0.5) is 0 Å². The molecule has 1 aliphatic carbocycles. The molecule has 2 nitrogen and oxygen atoms in total. The number of aryl methyl sites for hydroxylation is 2. The van der Waals surface area contributed by atoms with Crippen LogP contribution in [0.15, 0.2) is 5.03 Å². The normalized spacial score (nSPS) is 15.5. The van der Waals surface area contributed by atoms with E-state index in [2.05, 4.69) is 11.4 Å². The summed E-state index contributed by atoms with van der Waals surface area (Å²) in [5, 5.41) is 5.82. The highest BCUT2D eigenvalue weighted by atomic mass is 32.2. The SMILES string of the molecule is CSc1c2c(nn1C)CCC2. The second-order valence-corrected chi connectivity index (χ2v) is 3.71. The van der Waals surface area contributed by atoms with Gasteiger partial charge in [0.1, 0.15) is 0 Å². The van der Waals surface area contributed by atoms with Crippen molar-refractivity contribution in [3.8, 4) is 0 Å². The molecular formula is C8H12N2S. The molecule has 0 fully saturated rings. The Bertz CT molecular complexity index is 278. The highest BCUT2D eigenvalue weighted by molar-refractivity contribution is 7.98. The number of fused-ring (bicyclic) bond motifs is 1. The Kier molecular flexibility index (Phi) is 1.68. The predicted octanol–water partition coefficient (Wildman–Crippen LogP) is 1.63. The maximum atomic E-state index is 4.46. The number of aromatic nitrogens is 2. The zero-order valence-corrected chi connectivity index (χ0v) is 7.74. The van der Waals surface area contributed by atoms with Crippen molar-refractivity contribution in [2.24, 2.45) is 7.05 Å². The average molecular weight is 168 g/mol. The molecule has 0 aliphatic heterocycles. The molecule has 0 spiro atoms. The first-order chi connectivity index (χ1) is 5.33. The number of hydrogen-bond acceptors (Lipinski definition) is 2. The van der Waals surface area contributed by atoms with E-state index in [0.717, 1.165) is 0 Å². The van der Waals surface area contributed by atoms with Gasteiger partial charge >= 0.3 is 0 Å². The van der Waals surface area contributed by atoms with E-state index in [9.17, 15) is 0 Å². The summed E-state index contributed by atoms with van der Waals surface area (Å²) in [6.45, 7) is 0. The lowest BCUT2D eigenvalue weighted by molar-refractivity contribution is 0.667. The van der Waals surface area contributed by atoms with Crippen molar-refractivity contribution in [3.05, 3.63) is 11.3 Å². The minimum atomic E-state index is 1.18. The Morgan fingerprint density at radius 1 is 1.45 bits per heavy atom. The van der Waals surface area contributed by atoms with Crippen molar-refractivity contribution in [2.45, 2.75) is 24.3 Å². The first-order valence-corrected chi connectivity index (χ1v) is 5.14. The molecule has 60 valence electrons. The lowest BCUT2D eigenvalue weighted by Gasteiger charge is -1.98. The average Bonchev–Trinajstić information content (AvgIpc) is 2.46. The maximum Gasteiger partial charge on any atom is 0.0968 e.